The Kier molecular flexibility index (Phi) is 9.20. The minimum atomic E-state index is -3.86. The van der Waals surface area contributed by atoms with Crippen LogP contribution in [0.15, 0.2) is 65.6 Å². The lowest BCUT2D eigenvalue weighted by atomic mass is 10.00. The summed E-state index contributed by atoms with van der Waals surface area (Å²) in [5, 5.41) is 2.93. The summed E-state index contributed by atoms with van der Waals surface area (Å²) in [7, 11) is -3.86. The normalized spacial score (nSPS) is 16.9. The van der Waals surface area contributed by atoms with E-state index in [-0.39, 0.29) is 29.4 Å². The third-order valence-electron chi connectivity index (χ3n) is 5.76. The summed E-state index contributed by atoms with van der Waals surface area (Å²) in [5.41, 5.74) is 0.950. The molecule has 1 fully saturated rings. The summed E-state index contributed by atoms with van der Waals surface area (Å²) in [4.78, 5) is 28.1. The standard InChI is InChI=1S/C25H33N3O5S/c1-19(2)24(25(30)26-16-20-10-5-3-6-11-20)28(18-21-12-9-15-33-21)23(29)17-27-34(31,32)22-13-7-4-8-14-22/h3-8,10-11,13-14,19,21,24,27H,9,12,15-18H2,1-2H3,(H,26,30)/t21-,24+/m1/s1. The molecule has 3 rings (SSSR count). The molecule has 1 aliphatic rings. The number of sulfonamides is 1. The molecule has 2 N–H and O–H groups in total. The molecule has 0 aliphatic carbocycles. The van der Waals surface area contributed by atoms with Crippen molar-refractivity contribution < 1.29 is 22.7 Å². The van der Waals surface area contributed by atoms with Crippen molar-refractivity contribution in [1.82, 2.24) is 14.9 Å². The van der Waals surface area contributed by atoms with Gasteiger partial charge in [-0.1, -0.05) is 62.4 Å². The zero-order chi connectivity index (χ0) is 24.6. The second kappa shape index (κ2) is 12.1. The SMILES string of the molecule is CC(C)[C@@H](C(=O)NCc1ccccc1)N(C[C@H]1CCCO1)C(=O)CNS(=O)(=O)c1ccccc1. The van der Waals surface area contributed by atoms with Crippen LogP contribution in [0.3, 0.4) is 0 Å². The number of carbonyl (C=O) groups excluding carboxylic acids is 2. The fourth-order valence-corrected chi connectivity index (χ4v) is 5.01. The van der Waals surface area contributed by atoms with Gasteiger partial charge in [0.05, 0.1) is 17.5 Å². The Hall–Kier alpha value is -2.75. The van der Waals surface area contributed by atoms with E-state index in [1.807, 2.05) is 44.2 Å². The average Bonchev–Trinajstić information content (AvgIpc) is 3.35. The van der Waals surface area contributed by atoms with Gasteiger partial charge in [0.2, 0.25) is 21.8 Å². The largest absolute Gasteiger partial charge is 0.376 e. The Morgan fingerprint density at radius 3 is 2.29 bits per heavy atom. The first-order chi connectivity index (χ1) is 16.3. The molecule has 0 radical (unpaired) electrons. The fourth-order valence-electron chi connectivity index (χ4n) is 4.01. The molecule has 1 saturated heterocycles. The Morgan fingerprint density at radius 2 is 1.71 bits per heavy atom. The molecular weight excluding hydrogens is 454 g/mol. The average molecular weight is 488 g/mol. The highest BCUT2D eigenvalue weighted by Crippen LogP contribution is 2.19. The Bertz CT molecular complexity index is 1040. The van der Waals surface area contributed by atoms with Crippen LogP contribution in [0.25, 0.3) is 0 Å². The zero-order valence-corrected chi connectivity index (χ0v) is 20.5. The van der Waals surface area contributed by atoms with Crippen LogP contribution in [0, 0.1) is 5.92 Å². The quantitative estimate of drug-likeness (QED) is 0.506. The van der Waals surface area contributed by atoms with Gasteiger partial charge in [0.1, 0.15) is 6.04 Å². The lowest BCUT2D eigenvalue weighted by Crippen LogP contribution is -2.56. The van der Waals surface area contributed by atoms with Crippen molar-refractivity contribution in [1.29, 1.82) is 0 Å². The predicted octanol–water partition coefficient (Wildman–Crippen LogP) is 2.31. The number of amides is 2. The van der Waals surface area contributed by atoms with Gasteiger partial charge in [-0.05, 0) is 36.5 Å². The smallest absolute Gasteiger partial charge is 0.243 e. The molecule has 9 heteroatoms. The third-order valence-corrected chi connectivity index (χ3v) is 7.17. The second-order valence-electron chi connectivity index (χ2n) is 8.71. The number of carbonyl (C=O) groups is 2. The van der Waals surface area contributed by atoms with Crippen LogP contribution in [0.1, 0.15) is 32.3 Å². The number of hydrogen-bond donors (Lipinski definition) is 2. The van der Waals surface area contributed by atoms with E-state index in [0.717, 1.165) is 18.4 Å². The van der Waals surface area contributed by atoms with Crippen molar-refractivity contribution in [3.8, 4) is 0 Å². The number of rotatable bonds is 11. The van der Waals surface area contributed by atoms with Gasteiger partial charge < -0.3 is 15.0 Å². The predicted molar refractivity (Wildman–Crippen MR) is 129 cm³/mol. The molecule has 0 spiro atoms. The molecule has 8 nitrogen and oxygen atoms in total. The molecule has 0 aromatic heterocycles. The topological polar surface area (TPSA) is 105 Å². The van der Waals surface area contributed by atoms with Crippen molar-refractivity contribution in [3.05, 3.63) is 66.2 Å². The van der Waals surface area contributed by atoms with Gasteiger partial charge in [0.25, 0.3) is 0 Å². The molecular formula is C25H33N3O5S. The zero-order valence-electron chi connectivity index (χ0n) is 19.6. The van der Waals surface area contributed by atoms with E-state index in [0.29, 0.717) is 13.2 Å². The van der Waals surface area contributed by atoms with E-state index in [2.05, 4.69) is 10.0 Å². The highest BCUT2D eigenvalue weighted by atomic mass is 32.2. The first kappa shape index (κ1) is 25.9. The summed E-state index contributed by atoms with van der Waals surface area (Å²) >= 11 is 0. The summed E-state index contributed by atoms with van der Waals surface area (Å²) in [6, 6.07) is 16.6. The van der Waals surface area contributed by atoms with Crippen molar-refractivity contribution in [2.45, 2.75) is 50.3 Å². The molecule has 0 bridgehead atoms. The van der Waals surface area contributed by atoms with Gasteiger partial charge in [-0.3, -0.25) is 9.59 Å². The third kappa shape index (κ3) is 7.12. The summed E-state index contributed by atoms with van der Waals surface area (Å²) in [5.74, 6) is -0.938. The molecule has 184 valence electrons. The van der Waals surface area contributed by atoms with Gasteiger partial charge in [-0.25, -0.2) is 13.1 Å². The van der Waals surface area contributed by atoms with E-state index in [4.69, 9.17) is 4.74 Å². The van der Waals surface area contributed by atoms with Crippen LogP contribution in [0.5, 0.6) is 0 Å². The second-order valence-corrected chi connectivity index (χ2v) is 10.5. The lowest BCUT2D eigenvalue weighted by molar-refractivity contribution is -0.143. The fraction of sp³-hybridized carbons (Fsp3) is 0.440. The number of nitrogens with one attached hydrogen (secondary N) is 2. The molecule has 2 atom stereocenters. The lowest BCUT2D eigenvalue weighted by Gasteiger charge is -2.35. The Morgan fingerprint density at radius 1 is 1.06 bits per heavy atom. The van der Waals surface area contributed by atoms with Crippen LogP contribution in [-0.4, -0.2) is 57.0 Å². The number of benzene rings is 2. The van der Waals surface area contributed by atoms with Crippen LogP contribution < -0.4 is 10.0 Å². The highest BCUT2D eigenvalue weighted by Gasteiger charge is 2.35. The molecule has 2 amide bonds. The molecule has 0 unspecified atom stereocenters. The van der Waals surface area contributed by atoms with Crippen molar-refractivity contribution in [2.75, 3.05) is 19.7 Å². The summed E-state index contributed by atoms with van der Waals surface area (Å²) < 4.78 is 33.3. The first-order valence-electron chi connectivity index (χ1n) is 11.6. The van der Waals surface area contributed by atoms with E-state index in [1.54, 1.807) is 18.2 Å². The minimum Gasteiger partial charge on any atom is -0.376 e. The van der Waals surface area contributed by atoms with Gasteiger partial charge >= 0.3 is 0 Å². The Balaban J connectivity index is 1.74. The van der Waals surface area contributed by atoms with Gasteiger partial charge in [-0.2, -0.15) is 0 Å². The van der Waals surface area contributed by atoms with Gasteiger partial charge in [-0.15, -0.1) is 0 Å². The molecule has 2 aromatic rings. The summed E-state index contributed by atoms with van der Waals surface area (Å²) in [6.45, 7) is 4.48. The monoisotopic (exact) mass is 487 g/mol. The number of hydrogen-bond acceptors (Lipinski definition) is 5. The Labute approximate surface area is 201 Å². The van der Waals surface area contributed by atoms with Crippen LogP contribution in [-0.2, 0) is 30.9 Å². The van der Waals surface area contributed by atoms with Crippen LogP contribution in [0.2, 0.25) is 0 Å². The van der Waals surface area contributed by atoms with E-state index < -0.39 is 28.5 Å². The van der Waals surface area contributed by atoms with Gasteiger partial charge in [0, 0.05) is 19.7 Å². The van der Waals surface area contributed by atoms with Crippen molar-refractivity contribution >= 4 is 21.8 Å². The van der Waals surface area contributed by atoms with Crippen molar-refractivity contribution in [2.24, 2.45) is 5.92 Å². The molecule has 2 aromatic carbocycles. The molecule has 1 heterocycles. The van der Waals surface area contributed by atoms with E-state index >= 15 is 0 Å². The molecule has 34 heavy (non-hydrogen) atoms. The maximum Gasteiger partial charge on any atom is 0.243 e. The minimum absolute atomic E-state index is 0.0782. The van der Waals surface area contributed by atoms with Gasteiger partial charge in [0.15, 0.2) is 0 Å². The van der Waals surface area contributed by atoms with Crippen molar-refractivity contribution in [3.63, 3.8) is 0 Å². The van der Waals surface area contributed by atoms with Crippen LogP contribution >= 0.6 is 0 Å². The van der Waals surface area contributed by atoms with Crippen LogP contribution in [0.4, 0.5) is 0 Å². The number of ether oxygens (including phenoxy) is 1. The van der Waals surface area contributed by atoms with E-state index in [9.17, 15) is 18.0 Å². The van der Waals surface area contributed by atoms with E-state index in [1.165, 1.54) is 17.0 Å². The summed E-state index contributed by atoms with van der Waals surface area (Å²) in [6.07, 6.45) is 1.49. The maximum atomic E-state index is 13.3. The molecule has 0 saturated carbocycles. The highest BCUT2D eigenvalue weighted by molar-refractivity contribution is 7.89. The molecule has 1 aliphatic heterocycles. The number of nitrogens with zero attached hydrogens (tertiary/aromatic N) is 1. The first-order valence-corrected chi connectivity index (χ1v) is 13.0. The maximum absolute atomic E-state index is 13.3.